The Balaban J connectivity index is 2.29. The van der Waals surface area contributed by atoms with Gasteiger partial charge in [0.2, 0.25) is 5.95 Å². The van der Waals surface area contributed by atoms with Gasteiger partial charge in [-0.1, -0.05) is 0 Å². The molecule has 2 aromatic rings. The largest absolute Gasteiger partial charge is 0.273 e. The van der Waals surface area contributed by atoms with Crippen LogP contribution in [-0.2, 0) is 10.0 Å². The molecule has 2 aromatic heterocycles. The SMILES string of the molecule is N#Cc1ccc(S(=O)(=O)Nc2ncn[nH]2)s1. The molecule has 9 heteroatoms. The summed E-state index contributed by atoms with van der Waals surface area (Å²) in [5.74, 6) is 0.0342. The Morgan fingerprint density at radius 2 is 2.31 bits per heavy atom. The molecule has 0 aromatic carbocycles. The third-order valence-electron chi connectivity index (χ3n) is 1.60. The van der Waals surface area contributed by atoms with E-state index < -0.39 is 10.0 Å². The zero-order valence-electron chi connectivity index (χ0n) is 7.71. The topological polar surface area (TPSA) is 112 Å². The van der Waals surface area contributed by atoms with Crippen molar-refractivity contribution in [3.8, 4) is 6.07 Å². The zero-order valence-corrected chi connectivity index (χ0v) is 9.34. The number of hydrogen-bond acceptors (Lipinski definition) is 6. The summed E-state index contributed by atoms with van der Waals surface area (Å²) in [4.78, 5) is 3.97. The maximum Gasteiger partial charge on any atom is 0.273 e. The Hall–Kier alpha value is -1.92. The van der Waals surface area contributed by atoms with Crippen molar-refractivity contribution in [3.63, 3.8) is 0 Å². The molecule has 2 rings (SSSR count). The first-order valence-electron chi connectivity index (χ1n) is 4.00. The number of nitriles is 1. The second kappa shape index (κ2) is 3.92. The van der Waals surface area contributed by atoms with Gasteiger partial charge in [0.05, 0.1) is 0 Å². The summed E-state index contributed by atoms with van der Waals surface area (Å²) in [5, 5.41) is 14.5. The van der Waals surface area contributed by atoms with Crippen LogP contribution >= 0.6 is 11.3 Å². The van der Waals surface area contributed by atoms with Gasteiger partial charge in [-0.05, 0) is 12.1 Å². The summed E-state index contributed by atoms with van der Waals surface area (Å²) in [6, 6.07) is 4.68. The zero-order chi connectivity index (χ0) is 11.6. The molecule has 0 amide bonds. The summed E-state index contributed by atoms with van der Waals surface area (Å²) >= 11 is 0.888. The molecule has 0 atom stereocenters. The van der Waals surface area contributed by atoms with Crippen LogP contribution in [-0.4, -0.2) is 23.6 Å². The van der Waals surface area contributed by atoms with Crippen molar-refractivity contribution in [1.29, 1.82) is 5.26 Å². The van der Waals surface area contributed by atoms with Crippen LogP contribution in [0.3, 0.4) is 0 Å². The van der Waals surface area contributed by atoms with Gasteiger partial charge in [-0.15, -0.1) is 11.3 Å². The van der Waals surface area contributed by atoms with E-state index in [1.165, 1.54) is 18.5 Å². The van der Waals surface area contributed by atoms with Crippen LogP contribution in [0.4, 0.5) is 5.95 Å². The molecule has 2 heterocycles. The molecule has 0 aliphatic heterocycles. The van der Waals surface area contributed by atoms with E-state index in [9.17, 15) is 8.42 Å². The van der Waals surface area contributed by atoms with E-state index in [4.69, 9.17) is 5.26 Å². The smallest absolute Gasteiger partial charge is 0.247 e. The minimum Gasteiger partial charge on any atom is -0.247 e. The first kappa shape index (κ1) is 10.6. The van der Waals surface area contributed by atoms with Gasteiger partial charge in [0.1, 0.15) is 21.5 Å². The minimum atomic E-state index is -3.69. The van der Waals surface area contributed by atoms with Gasteiger partial charge >= 0.3 is 0 Å². The van der Waals surface area contributed by atoms with E-state index in [0.29, 0.717) is 4.88 Å². The molecule has 0 radical (unpaired) electrons. The molecule has 0 unspecified atom stereocenters. The van der Waals surface area contributed by atoms with Gasteiger partial charge < -0.3 is 0 Å². The quantitative estimate of drug-likeness (QED) is 0.831. The van der Waals surface area contributed by atoms with Crippen molar-refractivity contribution in [2.45, 2.75) is 4.21 Å². The van der Waals surface area contributed by atoms with Gasteiger partial charge in [0.25, 0.3) is 10.0 Å². The van der Waals surface area contributed by atoms with E-state index >= 15 is 0 Å². The Bertz CT molecular complexity index is 622. The minimum absolute atomic E-state index is 0.0342. The van der Waals surface area contributed by atoms with E-state index in [-0.39, 0.29) is 10.2 Å². The summed E-state index contributed by atoms with van der Waals surface area (Å²) in [7, 11) is -3.69. The molecule has 0 bridgehead atoms. The Kier molecular flexibility index (Phi) is 2.59. The Labute approximate surface area is 94.8 Å². The van der Waals surface area contributed by atoms with Gasteiger partial charge in [-0.3, -0.25) is 0 Å². The number of hydrogen-bond donors (Lipinski definition) is 2. The van der Waals surface area contributed by atoms with Gasteiger partial charge in [0.15, 0.2) is 0 Å². The molecule has 0 saturated carbocycles. The number of rotatable bonds is 3. The van der Waals surface area contributed by atoms with Crippen molar-refractivity contribution in [2.75, 3.05) is 4.72 Å². The predicted octanol–water partition coefficient (Wildman–Crippen LogP) is 0.539. The lowest BCUT2D eigenvalue weighted by atomic mass is 10.5. The molecule has 0 aliphatic rings. The maximum absolute atomic E-state index is 11.7. The normalized spacial score (nSPS) is 10.9. The lowest BCUT2D eigenvalue weighted by Crippen LogP contribution is -2.12. The summed E-state index contributed by atoms with van der Waals surface area (Å²) in [6.07, 6.45) is 1.19. The molecule has 0 spiro atoms. The Morgan fingerprint density at radius 1 is 1.50 bits per heavy atom. The molecule has 82 valence electrons. The molecule has 7 nitrogen and oxygen atoms in total. The first-order chi connectivity index (χ1) is 7.62. The highest BCUT2D eigenvalue weighted by atomic mass is 32.2. The maximum atomic E-state index is 11.7. The molecule has 0 fully saturated rings. The van der Waals surface area contributed by atoms with Gasteiger partial charge in [-0.2, -0.15) is 15.3 Å². The fourth-order valence-electron chi connectivity index (χ4n) is 0.957. The average Bonchev–Trinajstić information content (AvgIpc) is 2.85. The van der Waals surface area contributed by atoms with Crippen molar-refractivity contribution in [2.24, 2.45) is 0 Å². The third-order valence-corrected chi connectivity index (χ3v) is 4.42. The van der Waals surface area contributed by atoms with Crippen molar-refractivity contribution in [1.82, 2.24) is 15.2 Å². The summed E-state index contributed by atoms with van der Waals surface area (Å²) in [6.45, 7) is 0. The highest BCUT2D eigenvalue weighted by Crippen LogP contribution is 2.22. The van der Waals surface area contributed by atoms with Gasteiger partial charge in [-0.25, -0.2) is 18.2 Å². The number of aromatic nitrogens is 3. The molecule has 0 saturated heterocycles. The van der Waals surface area contributed by atoms with E-state index in [0.717, 1.165) is 11.3 Å². The second-order valence-corrected chi connectivity index (χ2v) is 5.66. The van der Waals surface area contributed by atoms with E-state index in [1.54, 1.807) is 0 Å². The number of thiophene rings is 1. The fourth-order valence-corrected chi connectivity index (χ4v) is 3.03. The monoisotopic (exact) mass is 255 g/mol. The molecular weight excluding hydrogens is 250 g/mol. The number of sulfonamides is 1. The molecule has 0 aliphatic carbocycles. The first-order valence-corrected chi connectivity index (χ1v) is 6.30. The number of nitrogens with zero attached hydrogens (tertiary/aromatic N) is 3. The van der Waals surface area contributed by atoms with Crippen LogP contribution in [0.2, 0.25) is 0 Å². The average molecular weight is 255 g/mol. The van der Waals surface area contributed by atoms with Crippen molar-refractivity contribution in [3.05, 3.63) is 23.3 Å². The fraction of sp³-hybridized carbons (Fsp3) is 0. The summed E-state index contributed by atoms with van der Waals surface area (Å²) in [5.41, 5.74) is 0. The molecule has 16 heavy (non-hydrogen) atoms. The van der Waals surface area contributed by atoms with Crippen LogP contribution in [0.1, 0.15) is 4.88 Å². The lowest BCUT2D eigenvalue weighted by molar-refractivity contribution is 0.603. The van der Waals surface area contributed by atoms with Gasteiger partial charge in [0, 0.05) is 0 Å². The number of anilines is 1. The van der Waals surface area contributed by atoms with Crippen LogP contribution in [0.15, 0.2) is 22.7 Å². The van der Waals surface area contributed by atoms with Crippen LogP contribution < -0.4 is 4.72 Å². The highest BCUT2D eigenvalue weighted by Gasteiger charge is 2.17. The lowest BCUT2D eigenvalue weighted by Gasteiger charge is -2.00. The Morgan fingerprint density at radius 3 is 2.88 bits per heavy atom. The predicted molar refractivity (Wildman–Crippen MR) is 56.2 cm³/mol. The van der Waals surface area contributed by atoms with Crippen LogP contribution in [0.25, 0.3) is 0 Å². The van der Waals surface area contributed by atoms with E-state index in [2.05, 4.69) is 19.9 Å². The second-order valence-electron chi connectivity index (χ2n) is 2.67. The number of nitrogens with one attached hydrogen (secondary N) is 2. The molecular formula is C7H5N5O2S2. The van der Waals surface area contributed by atoms with Crippen molar-refractivity contribution < 1.29 is 8.42 Å². The standard InChI is InChI=1S/C7H5N5O2S2/c8-3-5-1-2-6(15-5)16(13,14)12-7-9-4-10-11-7/h1-2,4H,(H2,9,10,11,12). The number of H-pyrrole nitrogens is 1. The highest BCUT2D eigenvalue weighted by molar-refractivity contribution is 7.94. The molecule has 2 N–H and O–H groups in total. The van der Waals surface area contributed by atoms with Crippen LogP contribution in [0, 0.1) is 11.3 Å². The van der Waals surface area contributed by atoms with Crippen molar-refractivity contribution >= 4 is 27.3 Å². The van der Waals surface area contributed by atoms with E-state index in [1.807, 2.05) is 6.07 Å². The van der Waals surface area contributed by atoms with Crippen LogP contribution in [0.5, 0.6) is 0 Å². The third kappa shape index (κ3) is 2.02. The summed E-state index contributed by atoms with van der Waals surface area (Å²) < 4.78 is 25.7. The number of aromatic amines is 1.